The molecule has 3 aromatic rings. The molecule has 182 valence electrons. The highest BCUT2D eigenvalue weighted by Crippen LogP contribution is 2.31. The van der Waals surface area contributed by atoms with Crippen LogP contribution in [0.3, 0.4) is 0 Å². The summed E-state index contributed by atoms with van der Waals surface area (Å²) in [6, 6.07) is 3.69. The molecule has 0 spiro atoms. The Morgan fingerprint density at radius 2 is 1.79 bits per heavy atom. The number of aromatic nitrogens is 3. The van der Waals surface area contributed by atoms with Gasteiger partial charge in [-0.25, -0.2) is 18.0 Å². The number of aliphatic hydroxyl groups is 1. The predicted molar refractivity (Wildman–Crippen MR) is 105 cm³/mol. The van der Waals surface area contributed by atoms with Gasteiger partial charge in [-0.05, 0) is 25.1 Å². The maximum atomic E-state index is 14.9. The number of carbonyl (C=O) groups is 1. The number of ether oxygens (including phenoxy) is 1. The van der Waals surface area contributed by atoms with Crippen molar-refractivity contribution in [2.45, 2.75) is 25.8 Å². The van der Waals surface area contributed by atoms with E-state index < -0.39 is 70.6 Å². The first-order chi connectivity index (χ1) is 15.8. The van der Waals surface area contributed by atoms with E-state index in [4.69, 9.17) is 4.74 Å². The van der Waals surface area contributed by atoms with Crippen LogP contribution >= 0.6 is 0 Å². The predicted octanol–water partition coefficient (Wildman–Crippen LogP) is 3.06. The van der Waals surface area contributed by atoms with Crippen molar-refractivity contribution in [3.63, 3.8) is 0 Å². The van der Waals surface area contributed by atoms with E-state index in [0.29, 0.717) is 23.7 Å². The van der Waals surface area contributed by atoms with Gasteiger partial charge in [0.2, 0.25) is 0 Å². The van der Waals surface area contributed by atoms with Crippen LogP contribution in [0, 0.1) is 17.5 Å². The topological polar surface area (TPSA) is 98.4 Å². The summed E-state index contributed by atoms with van der Waals surface area (Å²) in [6.45, 7) is -0.0957. The van der Waals surface area contributed by atoms with Crippen molar-refractivity contribution >= 4 is 11.6 Å². The first-order valence-electron chi connectivity index (χ1n) is 9.43. The number of rotatable bonds is 6. The van der Waals surface area contributed by atoms with Crippen LogP contribution in [0.15, 0.2) is 35.1 Å². The molecule has 2 N–H and O–H groups in total. The summed E-state index contributed by atoms with van der Waals surface area (Å²) in [6.07, 6.45) is -7.39. The Labute approximate surface area is 187 Å². The number of para-hydroxylation sites is 1. The summed E-state index contributed by atoms with van der Waals surface area (Å²) in [5.74, 6) is -6.09. The zero-order valence-electron chi connectivity index (χ0n) is 17.5. The smallest absolute Gasteiger partial charge is 0.425 e. The second-order valence-electron chi connectivity index (χ2n) is 6.98. The third-order valence-electron chi connectivity index (χ3n) is 4.70. The van der Waals surface area contributed by atoms with Crippen LogP contribution in [0.1, 0.15) is 23.1 Å². The van der Waals surface area contributed by atoms with Gasteiger partial charge < -0.3 is 15.2 Å². The van der Waals surface area contributed by atoms with Gasteiger partial charge in [-0.15, -0.1) is 5.10 Å². The summed E-state index contributed by atoms with van der Waals surface area (Å²) in [7, 11) is 1.21. The van der Waals surface area contributed by atoms with Crippen molar-refractivity contribution in [2.24, 2.45) is 7.05 Å². The second-order valence-corrected chi connectivity index (χ2v) is 6.98. The molecule has 0 fully saturated rings. The van der Waals surface area contributed by atoms with Crippen LogP contribution in [-0.2, 0) is 13.7 Å². The van der Waals surface area contributed by atoms with Gasteiger partial charge in [0, 0.05) is 13.1 Å². The van der Waals surface area contributed by atoms with Crippen LogP contribution in [0.5, 0.6) is 5.75 Å². The van der Waals surface area contributed by atoms with Crippen molar-refractivity contribution < 1.29 is 41.0 Å². The number of halogens is 6. The van der Waals surface area contributed by atoms with E-state index >= 15 is 0 Å². The molecule has 0 radical (unpaired) electrons. The Bertz CT molecular complexity index is 1280. The maximum Gasteiger partial charge on any atom is 0.425 e. The van der Waals surface area contributed by atoms with Gasteiger partial charge in [0.1, 0.15) is 41.2 Å². The number of carbonyl (C=O) groups excluding carboxylic acids is 1. The van der Waals surface area contributed by atoms with Crippen LogP contribution in [-0.4, -0.2) is 37.6 Å². The molecule has 0 aliphatic carbocycles. The van der Waals surface area contributed by atoms with Crippen molar-refractivity contribution in [3.05, 3.63) is 69.7 Å². The molecule has 3 rings (SSSR count). The molecule has 2 aromatic carbocycles. The Hall–Kier alpha value is -3.81. The molecule has 8 nitrogen and oxygen atoms in total. The largest absolute Gasteiger partial charge is 0.480 e. The number of alkyl halides is 3. The van der Waals surface area contributed by atoms with Crippen molar-refractivity contribution in [1.29, 1.82) is 0 Å². The van der Waals surface area contributed by atoms with Gasteiger partial charge in [-0.2, -0.15) is 17.9 Å². The van der Waals surface area contributed by atoms with Crippen molar-refractivity contribution in [1.82, 2.24) is 14.3 Å². The lowest BCUT2D eigenvalue weighted by Crippen LogP contribution is -2.32. The van der Waals surface area contributed by atoms with E-state index in [9.17, 15) is 41.0 Å². The Morgan fingerprint density at radius 1 is 1.18 bits per heavy atom. The van der Waals surface area contributed by atoms with Crippen LogP contribution < -0.4 is 15.7 Å². The molecule has 0 bridgehead atoms. The molecule has 1 unspecified atom stereocenters. The number of anilines is 1. The minimum absolute atomic E-state index is 0.188. The summed E-state index contributed by atoms with van der Waals surface area (Å²) in [5, 5.41) is 14.8. The number of nitrogens with zero attached hydrogens (tertiary/aromatic N) is 3. The Kier molecular flexibility index (Phi) is 6.72. The van der Waals surface area contributed by atoms with Gasteiger partial charge in [0.15, 0.2) is 11.9 Å². The summed E-state index contributed by atoms with van der Waals surface area (Å²) in [4.78, 5) is 25.0. The standard InChI is InChI=1S/C20H16F6N4O4/c1-9(20(24,25)26)34-15-7-14(30-19(33)29(2)16(8-31)28-30)13(23)6-10(15)18(32)27-17-11(21)4-3-5-12(17)22/h3-7,9,31H,8H2,1-2H3,(H,27,32). The number of aliphatic hydroxyl groups excluding tert-OH is 1. The van der Waals surface area contributed by atoms with E-state index in [1.165, 1.54) is 7.05 Å². The molecule has 0 saturated carbocycles. The van der Waals surface area contributed by atoms with Crippen molar-refractivity contribution in [2.75, 3.05) is 5.32 Å². The molecular weight excluding hydrogens is 474 g/mol. The van der Waals surface area contributed by atoms with E-state index in [2.05, 4.69) is 5.10 Å². The molecule has 0 aliphatic heterocycles. The van der Waals surface area contributed by atoms with Gasteiger partial charge in [-0.1, -0.05) is 6.07 Å². The lowest BCUT2D eigenvalue weighted by Gasteiger charge is -2.20. The minimum Gasteiger partial charge on any atom is -0.480 e. The first kappa shape index (κ1) is 24.8. The maximum absolute atomic E-state index is 14.9. The zero-order chi connectivity index (χ0) is 25.4. The highest BCUT2D eigenvalue weighted by molar-refractivity contribution is 6.06. The Balaban J connectivity index is 2.14. The number of nitrogens with one attached hydrogen (secondary N) is 1. The van der Waals surface area contributed by atoms with Gasteiger partial charge in [-0.3, -0.25) is 9.36 Å². The summed E-state index contributed by atoms with van der Waals surface area (Å²) >= 11 is 0. The number of benzene rings is 2. The molecule has 1 heterocycles. The lowest BCUT2D eigenvalue weighted by molar-refractivity contribution is -0.189. The minimum atomic E-state index is -4.90. The van der Waals surface area contributed by atoms with Crippen LogP contribution in [0.4, 0.5) is 32.0 Å². The number of amides is 1. The van der Waals surface area contributed by atoms with Gasteiger partial charge >= 0.3 is 11.9 Å². The number of hydrogen-bond donors (Lipinski definition) is 2. The quantitative estimate of drug-likeness (QED) is 0.518. The third-order valence-corrected chi connectivity index (χ3v) is 4.70. The molecule has 14 heteroatoms. The molecule has 1 amide bonds. The molecule has 1 aromatic heterocycles. The molecule has 34 heavy (non-hydrogen) atoms. The van der Waals surface area contributed by atoms with Gasteiger partial charge in [0.25, 0.3) is 5.91 Å². The fourth-order valence-electron chi connectivity index (χ4n) is 2.81. The summed E-state index contributed by atoms with van der Waals surface area (Å²) in [5.41, 5.74) is -3.41. The Morgan fingerprint density at radius 3 is 2.32 bits per heavy atom. The molecular formula is C20H16F6N4O4. The highest BCUT2D eigenvalue weighted by atomic mass is 19.4. The first-order valence-corrected chi connectivity index (χ1v) is 9.43. The van der Waals surface area contributed by atoms with Gasteiger partial charge in [0.05, 0.1) is 5.56 Å². The second kappa shape index (κ2) is 9.21. The van der Waals surface area contributed by atoms with E-state index in [-0.39, 0.29) is 5.82 Å². The SMILES string of the molecule is CC(Oc1cc(-n2nc(CO)n(C)c2=O)c(F)cc1C(=O)Nc1c(F)cccc1F)C(F)(F)F. The molecule has 0 saturated heterocycles. The average molecular weight is 490 g/mol. The molecule has 1 atom stereocenters. The summed E-state index contributed by atoms with van der Waals surface area (Å²) < 4.78 is 88.1. The van der Waals surface area contributed by atoms with E-state index in [1.807, 2.05) is 5.32 Å². The van der Waals surface area contributed by atoms with Crippen molar-refractivity contribution in [3.8, 4) is 11.4 Å². The fraction of sp³-hybridized carbons (Fsp3) is 0.250. The third kappa shape index (κ3) is 4.76. The monoisotopic (exact) mass is 490 g/mol. The molecule has 0 aliphatic rings. The lowest BCUT2D eigenvalue weighted by atomic mass is 10.1. The van der Waals surface area contributed by atoms with E-state index in [0.717, 1.165) is 22.8 Å². The fourth-order valence-corrected chi connectivity index (χ4v) is 2.81. The highest BCUT2D eigenvalue weighted by Gasteiger charge is 2.39. The van der Waals surface area contributed by atoms with E-state index in [1.54, 1.807) is 0 Å². The van der Waals surface area contributed by atoms with Crippen LogP contribution in [0.2, 0.25) is 0 Å². The zero-order valence-corrected chi connectivity index (χ0v) is 17.5. The van der Waals surface area contributed by atoms with Crippen LogP contribution in [0.25, 0.3) is 5.69 Å². The normalized spacial score (nSPS) is 12.5. The number of hydrogen-bond acceptors (Lipinski definition) is 5. The average Bonchev–Trinajstić information content (AvgIpc) is 3.04.